The highest BCUT2D eigenvalue weighted by Crippen LogP contribution is 2.22. The number of nitrogens with zero attached hydrogens (tertiary/aromatic N) is 1. The molecule has 0 amide bonds. The summed E-state index contributed by atoms with van der Waals surface area (Å²) in [4.78, 5) is 0.289. The van der Waals surface area contributed by atoms with Crippen molar-refractivity contribution < 1.29 is 12.9 Å². The van der Waals surface area contributed by atoms with Crippen molar-refractivity contribution in [2.24, 2.45) is 0 Å². The van der Waals surface area contributed by atoms with Gasteiger partial charge in [0.2, 0.25) is 10.0 Å². The lowest BCUT2D eigenvalue weighted by Crippen LogP contribution is -2.25. The first-order valence-corrected chi connectivity index (χ1v) is 8.30. The number of sulfonamides is 1. The molecule has 0 bridgehead atoms. The van der Waals surface area contributed by atoms with Crippen LogP contribution in [0.15, 0.2) is 39.8 Å². The zero-order valence-electron chi connectivity index (χ0n) is 11.7. The van der Waals surface area contributed by atoms with E-state index in [0.717, 1.165) is 30.0 Å². The molecule has 1 fully saturated rings. The van der Waals surface area contributed by atoms with E-state index in [9.17, 15) is 8.42 Å². The molecule has 0 atom stereocenters. The van der Waals surface area contributed by atoms with Crippen molar-refractivity contribution in [2.75, 3.05) is 5.32 Å². The molecule has 7 heteroatoms. The molecule has 1 saturated carbocycles. The monoisotopic (exact) mass is 307 g/mol. The quantitative estimate of drug-likeness (QED) is 0.853. The second kappa shape index (κ2) is 5.50. The summed E-state index contributed by atoms with van der Waals surface area (Å²) >= 11 is 0. The molecular formula is C14H17N3O3S. The van der Waals surface area contributed by atoms with Gasteiger partial charge in [-0.2, -0.15) is 0 Å². The van der Waals surface area contributed by atoms with Crippen molar-refractivity contribution in [3.63, 3.8) is 0 Å². The first kappa shape index (κ1) is 14.1. The number of aryl methyl sites for hydroxylation is 1. The van der Waals surface area contributed by atoms with E-state index >= 15 is 0 Å². The molecule has 0 spiro atoms. The van der Waals surface area contributed by atoms with Crippen LogP contribution in [0.25, 0.3) is 0 Å². The van der Waals surface area contributed by atoms with Gasteiger partial charge in [-0.3, -0.25) is 0 Å². The molecule has 0 unspecified atom stereocenters. The summed E-state index contributed by atoms with van der Waals surface area (Å²) in [6.45, 7) is 2.37. The minimum Gasteiger partial charge on any atom is -0.379 e. The minimum atomic E-state index is -3.38. The number of hydrogen-bond acceptors (Lipinski definition) is 5. The fraction of sp³-hybridized carbons (Fsp3) is 0.357. The van der Waals surface area contributed by atoms with Gasteiger partial charge in [0.05, 0.1) is 11.4 Å². The van der Waals surface area contributed by atoms with Crippen LogP contribution in [0, 0.1) is 6.92 Å². The molecule has 1 aromatic carbocycles. The van der Waals surface area contributed by atoms with E-state index < -0.39 is 10.0 Å². The average Bonchev–Trinajstić information content (AvgIpc) is 3.16. The van der Waals surface area contributed by atoms with Crippen LogP contribution in [-0.4, -0.2) is 19.6 Å². The predicted octanol–water partition coefficient (Wildman–Crippen LogP) is 2.04. The summed E-state index contributed by atoms with van der Waals surface area (Å²) in [7, 11) is -3.38. The zero-order chi connectivity index (χ0) is 14.9. The molecular weight excluding hydrogens is 290 g/mol. The fourth-order valence-electron chi connectivity index (χ4n) is 1.93. The summed E-state index contributed by atoms with van der Waals surface area (Å²) < 4.78 is 31.7. The maximum atomic E-state index is 12.0. The Bertz CT molecular complexity index is 718. The molecule has 21 heavy (non-hydrogen) atoms. The third-order valence-electron chi connectivity index (χ3n) is 3.21. The maximum Gasteiger partial charge on any atom is 0.240 e. The van der Waals surface area contributed by atoms with Crippen molar-refractivity contribution in [1.82, 2.24) is 9.88 Å². The Morgan fingerprint density at radius 3 is 2.57 bits per heavy atom. The average molecular weight is 307 g/mol. The highest BCUT2D eigenvalue weighted by atomic mass is 32.2. The SMILES string of the molecule is Cc1cc(CNc2ccc(S(=O)(=O)NC3CC3)cc2)no1. The topological polar surface area (TPSA) is 84.2 Å². The van der Waals surface area contributed by atoms with Gasteiger partial charge < -0.3 is 9.84 Å². The smallest absolute Gasteiger partial charge is 0.240 e. The normalized spacial score (nSPS) is 15.1. The van der Waals surface area contributed by atoms with E-state index in [1.54, 1.807) is 24.3 Å². The molecule has 0 saturated heterocycles. The fourth-order valence-corrected chi connectivity index (χ4v) is 3.24. The second-order valence-electron chi connectivity index (χ2n) is 5.20. The van der Waals surface area contributed by atoms with E-state index in [1.807, 2.05) is 13.0 Å². The van der Waals surface area contributed by atoms with E-state index in [-0.39, 0.29) is 10.9 Å². The van der Waals surface area contributed by atoms with Crippen molar-refractivity contribution in [3.05, 3.63) is 41.8 Å². The maximum absolute atomic E-state index is 12.0. The van der Waals surface area contributed by atoms with Crippen LogP contribution in [0.2, 0.25) is 0 Å². The molecule has 0 radical (unpaired) electrons. The Kier molecular flexibility index (Phi) is 3.69. The summed E-state index contributed by atoms with van der Waals surface area (Å²) in [5.41, 5.74) is 1.64. The standard InChI is InChI=1S/C14H17N3O3S/c1-10-8-13(16-20-10)9-15-11-4-6-14(7-5-11)21(18,19)17-12-2-3-12/h4-8,12,15,17H,2-3,9H2,1H3. The molecule has 3 rings (SSSR count). The molecule has 2 aromatic rings. The van der Waals surface area contributed by atoms with Gasteiger partial charge in [0.25, 0.3) is 0 Å². The summed E-state index contributed by atoms with van der Waals surface area (Å²) in [5.74, 6) is 0.763. The van der Waals surface area contributed by atoms with Crippen molar-refractivity contribution in [3.8, 4) is 0 Å². The number of benzene rings is 1. The third kappa shape index (κ3) is 3.62. The molecule has 6 nitrogen and oxygen atoms in total. The van der Waals surface area contributed by atoms with Gasteiger partial charge in [0.15, 0.2) is 0 Å². The van der Waals surface area contributed by atoms with E-state index in [2.05, 4.69) is 15.2 Å². The Balaban J connectivity index is 1.63. The van der Waals surface area contributed by atoms with Crippen molar-refractivity contribution >= 4 is 15.7 Å². The van der Waals surface area contributed by atoms with Gasteiger partial charge in [-0.05, 0) is 44.0 Å². The lowest BCUT2D eigenvalue weighted by Gasteiger charge is -2.07. The largest absolute Gasteiger partial charge is 0.379 e. The Morgan fingerprint density at radius 2 is 2.00 bits per heavy atom. The molecule has 112 valence electrons. The van der Waals surface area contributed by atoms with Crippen molar-refractivity contribution in [1.29, 1.82) is 0 Å². The van der Waals surface area contributed by atoms with E-state index in [0.29, 0.717) is 6.54 Å². The molecule has 1 aliphatic carbocycles. The number of hydrogen-bond donors (Lipinski definition) is 2. The van der Waals surface area contributed by atoms with Crippen LogP contribution in [-0.2, 0) is 16.6 Å². The first-order chi connectivity index (χ1) is 10.0. The van der Waals surface area contributed by atoms with Crippen LogP contribution in [0.4, 0.5) is 5.69 Å². The summed E-state index contributed by atoms with van der Waals surface area (Å²) in [6.07, 6.45) is 1.85. The minimum absolute atomic E-state index is 0.114. The Morgan fingerprint density at radius 1 is 1.29 bits per heavy atom. The van der Waals surface area contributed by atoms with E-state index in [1.165, 1.54) is 0 Å². The lowest BCUT2D eigenvalue weighted by atomic mass is 10.3. The van der Waals surface area contributed by atoms with Gasteiger partial charge in [-0.15, -0.1) is 0 Å². The van der Waals surface area contributed by atoms with Crippen LogP contribution >= 0.6 is 0 Å². The highest BCUT2D eigenvalue weighted by Gasteiger charge is 2.27. The molecule has 1 aliphatic rings. The van der Waals surface area contributed by atoms with Gasteiger partial charge in [-0.1, -0.05) is 5.16 Å². The zero-order valence-corrected chi connectivity index (χ0v) is 12.5. The van der Waals surface area contributed by atoms with Crippen LogP contribution in [0.5, 0.6) is 0 Å². The predicted molar refractivity (Wildman–Crippen MR) is 78.4 cm³/mol. The number of anilines is 1. The highest BCUT2D eigenvalue weighted by molar-refractivity contribution is 7.89. The molecule has 1 heterocycles. The second-order valence-corrected chi connectivity index (χ2v) is 6.92. The van der Waals surface area contributed by atoms with Crippen LogP contribution in [0.1, 0.15) is 24.3 Å². The molecule has 0 aliphatic heterocycles. The number of rotatable bonds is 6. The number of nitrogens with one attached hydrogen (secondary N) is 2. The van der Waals surface area contributed by atoms with Crippen molar-refractivity contribution in [2.45, 2.75) is 37.2 Å². The third-order valence-corrected chi connectivity index (χ3v) is 4.75. The van der Waals surface area contributed by atoms with Gasteiger partial charge in [-0.25, -0.2) is 13.1 Å². The van der Waals surface area contributed by atoms with Gasteiger partial charge in [0, 0.05) is 17.8 Å². The van der Waals surface area contributed by atoms with Gasteiger partial charge in [0.1, 0.15) is 11.5 Å². The van der Waals surface area contributed by atoms with E-state index in [4.69, 9.17) is 4.52 Å². The molecule has 1 aromatic heterocycles. The lowest BCUT2D eigenvalue weighted by molar-refractivity contribution is 0.391. The van der Waals surface area contributed by atoms with Crippen LogP contribution in [0.3, 0.4) is 0 Å². The first-order valence-electron chi connectivity index (χ1n) is 6.81. The van der Waals surface area contributed by atoms with Gasteiger partial charge >= 0.3 is 0 Å². The summed E-state index contributed by atoms with van der Waals surface area (Å²) in [5, 5.41) is 7.05. The van der Waals surface area contributed by atoms with Crippen LogP contribution < -0.4 is 10.0 Å². The Hall–Kier alpha value is -1.86. The Labute approximate surface area is 123 Å². The summed E-state index contributed by atoms with van der Waals surface area (Å²) in [6, 6.07) is 8.65. The number of aromatic nitrogens is 1. The molecule has 2 N–H and O–H groups in total.